The van der Waals surface area contributed by atoms with Crippen LogP contribution in [0.2, 0.25) is 0 Å². The minimum atomic E-state index is -0.219. The molecule has 0 aliphatic carbocycles. The molecule has 1 heterocycles. The summed E-state index contributed by atoms with van der Waals surface area (Å²) in [7, 11) is 1.64. The molecule has 0 spiro atoms. The molecule has 0 saturated carbocycles. The first kappa shape index (κ1) is 15.1. The third-order valence-electron chi connectivity index (χ3n) is 3.67. The average Bonchev–Trinajstić information content (AvgIpc) is 3.00. The topological polar surface area (TPSA) is 53.3 Å². The quantitative estimate of drug-likeness (QED) is 0.835. The SMILES string of the molecule is COc1ccc(C=CCCC(=O)N2CCCC2C#N)cc1. The maximum absolute atomic E-state index is 12.0. The molecule has 1 saturated heterocycles. The van der Waals surface area contributed by atoms with Gasteiger partial charge >= 0.3 is 0 Å². The largest absolute Gasteiger partial charge is 0.497 e. The molecular weight excluding hydrogens is 264 g/mol. The van der Waals surface area contributed by atoms with Crippen molar-refractivity contribution in [3.05, 3.63) is 35.9 Å². The van der Waals surface area contributed by atoms with Crippen molar-refractivity contribution in [3.8, 4) is 11.8 Å². The molecule has 1 aliphatic rings. The molecule has 21 heavy (non-hydrogen) atoms. The van der Waals surface area contributed by atoms with E-state index < -0.39 is 0 Å². The van der Waals surface area contributed by atoms with E-state index in [1.807, 2.05) is 36.4 Å². The van der Waals surface area contributed by atoms with Crippen LogP contribution >= 0.6 is 0 Å². The first-order valence-corrected chi connectivity index (χ1v) is 7.24. The van der Waals surface area contributed by atoms with Crippen LogP contribution in [-0.2, 0) is 4.79 Å². The maximum atomic E-state index is 12.0. The molecule has 1 fully saturated rings. The van der Waals surface area contributed by atoms with Crippen LogP contribution in [0, 0.1) is 11.3 Å². The van der Waals surface area contributed by atoms with Crippen LogP contribution in [0.3, 0.4) is 0 Å². The minimum absolute atomic E-state index is 0.0819. The van der Waals surface area contributed by atoms with Crippen LogP contribution in [-0.4, -0.2) is 30.5 Å². The van der Waals surface area contributed by atoms with Crippen molar-refractivity contribution < 1.29 is 9.53 Å². The smallest absolute Gasteiger partial charge is 0.223 e. The van der Waals surface area contributed by atoms with Crippen LogP contribution in [0.25, 0.3) is 6.08 Å². The van der Waals surface area contributed by atoms with Gasteiger partial charge in [-0.1, -0.05) is 24.3 Å². The zero-order valence-electron chi connectivity index (χ0n) is 12.3. The molecule has 4 nitrogen and oxygen atoms in total. The van der Waals surface area contributed by atoms with Crippen molar-refractivity contribution >= 4 is 12.0 Å². The summed E-state index contributed by atoms with van der Waals surface area (Å²) in [4.78, 5) is 13.7. The molecule has 1 aromatic rings. The molecule has 0 bridgehead atoms. The maximum Gasteiger partial charge on any atom is 0.223 e. The number of hydrogen-bond acceptors (Lipinski definition) is 3. The van der Waals surface area contributed by atoms with E-state index >= 15 is 0 Å². The molecule has 1 atom stereocenters. The van der Waals surface area contributed by atoms with E-state index in [2.05, 4.69) is 6.07 Å². The van der Waals surface area contributed by atoms with Crippen LogP contribution in [0.15, 0.2) is 30.3 Å². The first-order valence-electron chi connectivity index (χ1n) is 7.24. The predicted molar refractivity (Wildman–Crippen MR) is 81.6 cm³/mol. The van der Waals surface area contributed by atoms with Gasteiger partial charge in [-0.25, -0.2) is 0 Å². The van der Waals surface area contributed by atoms with E-state index in [0.29, 0.717) is 12.8 Å². The zero-order chi connectivity index (χ0) is 15.1. The number of nitrogens with zero attached hydrogens (tertiary/aromatic N) is 2. The molecule has 1 aliphatic heterocycles. The summed E-state index contributed by atoms with van der Waals surface area (Å²) < 4.78 is 5.10. The lowest BCUT2D eigenvalue weighted by Crippen LogP contribution is -2.34. The van der Waals surface area contributed by atoms with Gasteiger partial charge in [0.15, 0.2) is 0 Å². The summed E-state index contributed by atoms with van der Waals surface area (Å²) in [5.41, 5.74) is 1.08. The fourth-order valence-corrected chi connectivity index (χ4v) is 2.48. The molecule has 1 unspecified atom stereocenters. The lowest BCUT2D eigenvalue weighted by molar-refractivity contribution is -0.131. The Morgan fingerprint density at radius 3 is 2.90 bits per heavy atom. The van der Waals surface area contributed by atoms with E-state index in [0.717, 1.165) is 30.7 Å². The Hall–Kier alpha value is -2.28. The monoisotopic (exact) mass is 284 g/mol. The van der Waals surface area contributed by atoms with Crippen LogP contribution in [0.4, 0.5) is 0 Å². The number of likely N-dealkylation sites (tertiary alicyclic amines) is 1. The summed E-state index contributed by atoms with van der Waals surface area (Å²) in [6, 6.07) is 9.75. The van der Waals surface area contributed by atoms with Crippen molar-refractivity contribution in [2.45, 2.75) is 31.7 Å². The number of amides is 1. The number of carbonyl (C=O) groups excluding carboxylic acids is 1. The Kier molecular flexibility index (Phi) is 5.39. The number of methoxy groups -OCH3 is 1. The highest BCUT2D eigenvalue weighted by Crippen LogP contribution is 2.18. The van der Waals surface area contributed by atoms with E-state index in [1.165, 1.54) is 0 Å². The number of ether oxygens (including phenoxy) is 1. The molecule has 0 radical (unpaired) electrons. The summed E-state index contributed by atoms with van der Waals surface area (Å²) >= 11 is 0. The summed E-state index contributed by atoms with van der Waals surface area (Å²) in [6.45, 7) is 0.721. The fraction of sp³-hybridized carbons (Fsp3) is 0.412. The molecule has 2 rings (SSSR count). The Morgan fingerprint density at radius 1 is 1.48 bits per heavy atom. The Bertz CT molecular complexity index is 543. The standard InChI is InChI=1S/C17H20N2O2/c1-21-16-10-8-14(9-11-16)5-2-3-7-17(20)19-12-4-6-15(19)13-18/h2,5,8-11,15H,3-4,6-7,12H2,1H3. The second-order valence-electron chi connectivity index (χ2n) is 5.09. The van der Waals surface area contributed by atoms with Gasteiger partial charge in [0.2, 0.25) is 5.91 Å². The Morgan fingerprint density at radius 2 is 2.24 bits per heavy atom. The van der Waals surface area contributed by atoms with Crippen molar-refractivity contribution in [1.82, 2.24) is 4.90 Å². The highest BCUT2D eigenvalue weighted by atomic mass is 16.5. The molecule has 1 aromatic carbocycles. The van der Waals surface area contributed by atoms with Gasteiger partial charge in [0.25, 0.3) is 0 Å². The van der Waals surface area contributed by atoms with Crippen molar-refractivity contribution in [2.24, 2.45) is 0 Å². The molecule has 1 amide bonds. The van der Waals surface area contributed by atoms with Gasteiger partial charge in [0.05, 0.1) is 13.2 Å². The second kappa shape index (κ2) is 7.49. The predicted octanol–water partition coefficient (Wildman–Crippen LogP) is 3.00. The second-order valence-corrected chi connectivity index (χ2v) is 5.09. The fourth-order valence-electron chi connectivity index (χ4n) is 2.48. The van der Waals surface area contributed by atoms with Crippen LogP contribution in [0.1, 0.15) is 31.2 Å². The minimum Gasteiger partial charge on any atom is -0.497 e. The molecular formula is C17H20N2O2. The number of rotatable bonds is 5. The molecule has 110 valence electrons. The van der Waals surface area contributed by atoms with Gasteiger partial charge in [-0.2, -0.15) is 5.26 Å². The van der Waals surface area contributed by atoms with E-state index in [1.54, 1.807) is 12.0 Å². The van der Waals surface area contributed by atoms with Gasteiger partial charge in [0.1, 0.15) is 11.8 Å². The van der Waals surface area contributed by atoms with Gasteiger partial charge in [-0.15, -0.1) is 0 Å². The zero-order valence-corrected chi connectivity index (χ0v) is 12.3. The van der Waals surface area contributed by atoms with Gasteiger partial charge < -0.3 is 9.64 Å². The summed E-state index contributed by atoms with van der Waals surface area (Å²) in [5, 5.41) is 8.98. The summed E-state index contributed by atoms with van der Waals surface area (Å²) in [5.74, 6) is 0.914. The number of benzene rings is 1. The van der Waals surface area contributed by atoms with Crippen molar-refractivity contribution in [3.63, 3.8) is 0 Å². The number of hydrogen-bond donors (Lipinski definition) is 0. The summed E-state index contributed by atoms with van der Waals surface area (Å²) in [6.07, 6.45) is 6.90. The molecule has 0 N–H and O–H groups in total. The number of carbonyl (C=O) groups is 1. The van der Waals surface area contributed by atoms with Gasteiger partial charge in [-0.05, 0) is 37.0 Å². The Balaban J connectivity index is 1.79. The van der Waals surface area contributed by atoms with Gasteiger partial charge in [0, 0.05) is 13.0 Å². The molecule has 4 heteroatoms. The van der Waals surface area contributed by atoms with Crippen LogP contribution in [0.5, 0.6) is 5.75 Å². The lowest BCUT2D eigenvalue weighted by atomic mass is 10.1. The van der Waals surface area contributed by atoms with E-state index in [-0.39, 0.29) is 11.9 Å². The molecule has 0 aromatic heterocycles. The average molecular weight is 284 g/mol. The Labute approximate surface area is 125 Å². The highest BCUT2D eigenvalue weighted by Gasteiger charge is 2.27. The third kappa shape index (κ3) is 4.09. The first-order chi connectivity index (χ1) is 10.2. The van der Waals surface area contributed by atoms with Crippen molar-refractivity contribution in [1.29, 1.82) is 5.26 Å². The highest BCUT2D eigenvalue weighted by molar-refractivity contribution is 5.77. The lowest BCUT2D eigenvalue weighted by Gasteiger charge is -2.18. The third-order valence-corrected chi connectivity index (χ3v) is 3.67. The number of allylic oxidation sites excluding steroid dienone is 1. The number of nitriles is 1. The van der Waals surface area contributed by atoms with E-state index in [9.17, 15) is 4.79 Å². The normalized spacial score (nSPS) is 17.9. The van der Waals surface area contributed by atoms with E-state index in [4.69, 9.17) is 10.00 Å². The van der Waals surface area contributed by atoms with Crippen molar-refractivity contribution in [2.75, 3.05) is 13.7 Å². The van der Waals surface area contributed by atoms with Crippen LogP contribution < -0.4 is 4.74 Å². The van der Waals surface area contributed by atoms with Gasteiger partial charge in [-0.3, -0.25) is 4.79 Å².